The van der Waals surface area contributed by atoms with Crippen molar-refractivity contribution in [2.24, 2.45) is 0 Å². The van der Waals surface area contributed by atoms with E-state index in [1.165, 1.54) is 0 Å². The molecule has 1 heterocycles. The van der Waals surface area contributed by atoms with Gasteiger partial charge in [-0.25, -0.2) is 9.59 Å². The first-order chi connectivity index (χ1) is 10.2. The molecule has 1 aliphatic rings. The summed E-state index contributed by atoms with van der Waals surface area (Å²) in [4.78, 5) is 24.0. The van der Waals surface area contributed by atoms with Gasteiger partial charge in [-0.15, -0.1) is 0 Å². The number of benzene rings is 2. The molecule has 4 heteroatoms. The zero-order valence-corrected chi connectivity index (χ0v) is 12.0. The van der Waals surface area contributed by atoms with Crippen molar-refractivity contribution in [3.8, 4) is 0 Å². The Bertz CT molecular complexity index is 730. The Morgan fingerprint density at radius 1 is 0.762 bits per heavy atom. The van der Waals surface area contributed by atoms with Crippen molar-refractivity contribution in [1.82, 2.24) is 0 Å². The molecule has 104 valence electrons. The second-order valence-corrected chi connectivity index (χ2v) is 4.96. The average molecular weight is 296 g/mol. The summed E-state index contributed by atoms with van der Waals surface area (Å²) in [6, 6.07) is 16.5. The fourth-order valence-electron chi connectivity index (χ4n) is 2.30. The van der Waals surface area contributed by atoms with Crippen molar-refractivity contribution in [2.75, 3.05) is 0 Å². The molecule has 0 amide bonds. The molecule has 0 saturated carbocycles. The fourth-order valence-corrected chi connectivity index (χ4v) is 2.51. The number of rotatable bonds is 3. The molecule has 3 nitrogen and oxygen atoms in total. The van der Waals surface area contributed by atoms with Crippen LogP contribution in [-0.4, -0.2) is 11.9 Å². The van der Waals surface area contributed by atoms with E-state index >= 15 is 0 Å². The largest absolute Gasteiger partial charge is 0.386 e. The summed E-state index contributed by atoms with van der Waals surface area (Å²) in [7, 11) is 0. The minimum atomic E-state index is -0.600. The van der Waals surface area contributed by atoms with Gasteiger partial charge in [0, 0.05) is 5.75 Å². The normalized spacial score (nSPS) is 14.5. The number of ether oxygens (including phenoxy) is 1. The third kappa shape index (κ3) is 2.50. The summed E-state index contributed by atoms with van der Waals surface area (Å²) in [5, 5.41) is 0. The lowest BCUT2D eigenvalue weighted by Gasteiger charge is -2.04. The van der Waals surface area contributed by atoms with Gasteiger partial charge in [0.05, 0.1) is 11.1 Å². The quantitative estimate of drug-likeness (QED) is 0.537. The monoisotopic (exact) mass is 296 g/mol. The Kier molecular flexibility index (Phi) is 3.62. The van der Waals surface area contributed by atoms with E-state index < -0.39 is 11.9 Å². The third-order valence-corrected chi connectivity index (χ3v) is 3.70. The molecule has 0 radical (unpaired) electrons. The van der Waals surface area contributed by atoms with Crippen LogP contribution in [0.2, 0.25) is 0 Å². The van der Waals surface area contributed by atoms with Crippen LogP contribution >= 0.6 is 12.6 Å². The third-order valence-electron chi connectivity index (χ3n) is 3.33. The lowest BCUT2D eigenvalue weighted by Crippen LogP contribution is -2.02. The van der Waals surface area contributed by atoms with E-state index in [0.29, 0.717) is 28.0 Å². The average Bonchev–Trinajstić information content (AvgIpc) is 2.82. The number of hydrogen-bond donors (Lipinski definition) is 1. The molecule has 2 aromatic rings. The van der Waals surface area contributed by atoms with Gasteiger partial charge in [-0.1, -0.05) is 54.6 Å². The van der Waals surface area contributed by atoms with Gasteiger partial charge in [0.15, 0.2) is 0 Å². The summed E-state index contributed by atoms with van der Waals surface area (Å²) in [5.74, 6) is -0.578. The molecule has 3 rings (SSSR count). The second kappa shape index (κ2) is 5.58. The summed E-state index contributed by atoms with van der Waals surface area (Å²) in [6.45, 7) is 0. The fraction of sp³-hybridized carbons (Fsp3) is 0.0588. The minimum absolute atomic E-state index is 0.317. The van der Waals surface area contributed by atoms with E-state index in [4.69, 9.17) is 4.74 Å². The van der Waals surface area contributed by atoms with E-state index in [1.54, 1.807) is 12.1 Å². The highest BCUT2D eigenvalue weighted by Gasteiger charge is 2.34. The molecule has 0 saturated heterocycles. The minimum Gasteiger partial charge on any atom is -0.386 e. The molecule has 2 aromatic carbocycles. The van der Waals surface area contributed by atoms with E-state index in [9.17, 15) is 9.59 Å². The molecular formula is C17H12O3S. The Morgan fingerprint density at radius 2 is 1.29 bits per heavy atom. The molecule has 0 atom stereocenters. The topological polar surface area (TPSA) is 43.4 Å². The smallest absolute Gasteiger partial charge is 0.347 e. The van der Waals surface area contributed by atoms with Crippen molar-refractivity contribution in [3.63, 3.8) is 0 Å². The van der Waals surface area contributed by atoms with Gasteiger partial charge >= 0.3 is 11.9 Å². The number of esters is 2. The van der Waals surface area contributed by atoms with Crippen molar-refractivity contribution >= 4 is 35.7 Å². The number of hydrogen-bond acceptors (Lipinski definition) is 4. The first kappa shape index (κ1) is 13.6. The Balaban J connectivity index is 2.16. The molecule has 0 unspecified atom stereocenters. The molecular weight excluding hydrogens is 284 g/mol. The van der Waals surface area contributed by atoms with Crippen LogP contribution in [-0.2, 0) is 20.1 Å². The number of carbonyl (C=O) groups is 2. The SMILES string of the molecule is O=C1OC(=O)C(c2ccc(CS)cc2)=C1c1ccccc1. The van der Waals surface area contributed by atoms with Crippen molar-refractivity contribution in [3.05, 3.63) is 71.3 Å². The number of cyclic esters (lactones) is 2. The number of carbonyl (C=O) groups excluding carboxylic acids is 2. The zero-order valence-electron chi connectivity index (χ0n) is 11.1. The molecule has 0 spiro atoms. The van der Waals surface area contributed by atoms with Gasteiger partial charge in [0.2, 0.25) is 0 Å². The van der Waals surface area contributed by atoms with E-state index in [-0.39, 0.29) is 0 Å². The van der Waals surface area contributed by atoms with Crippen LogP contribution in [0.15, 0.2) is 54.6 Å². The van der Waals surface area contributed by atoms with Gasteiger partial charge in [-0.2, -0.15) is 12.6 Å². The molecule has 0 aliphatic carbocycles. The van der Waals surface area contributed by atoms with E-state index in [0.717, 1.165) is 5.56 Å². The summed E-state index contributed by atoms with van der Waals surface area (Å²) < 4.78 is 4.78. The lowest BCUT2D eigenvalue weighted by atomic mass is 9.96. The van der Waals surface area contributed by atoms with Crippen LogP contribution in [0.5, 0.6) is 0 Å². The van der Waals surface area contributed by atoms with Gasteiger partial charge in [0.1, 0.15) is 0 Å². The lowest BCUT2D eigenvalue weighted by molar-refractivity contribution is -0.149. The summed E-state index contributed by atoms with van der Waals surface area (Å²) >= 11 is 4.20. The van der Waals surface area contributed by atoms with Crippen LogP contribution in [0.4, 0.5) is 0 Å². The Morgan fingerprint density at radius 3 is 1.81 bits per heavy atom. The molecule has 0 aromatic heterocycles. The molecule has 0 fully saturated rings. The predicted molar refractivity (Wildman–Crippen MR) is 83.5 cm³/mol. The van der Waals surface area contributed by atoms with Crippen LogP contribution in [0.1, 0.15) is 16.7 Å². The first-order valence-corrected chi connectivity index (χ1v) is 7.10. The molecule has 21 heavy (non-hydrogen) atoms. The second-order valence-electron chi connectivity index (χ2n) is 4.65. The maximum Gasteiger partial charge on any atom is 0.347 e. The molecule has 1 aliphatic heterocycles. The highest BCUT2D eigenvalue weighted by molar-refractivity contribution is 7.79. The highest BCUT2D eigenvalue weighted by atomic mass is 32.1. The van der Waals surface area contributed by atoms with Crippen LogP contribution < -0.4 is 0 Å². The van der Waals surface area contributed by atoms with Gasteiger partial charge in [-0.3, -0.25) is 0 Å². The van der Waals surface area contributed by atoms with Crippen LogP contribution in [0.25, 0.3) is 11.1 Å². The maximum absolute atomic E-state index is 12.0. The standard InChI is InChI=1S/C17H12O3S/c18-16-14(12-4-2-1-3-5-12)15(17(19)20-16)13-8-6-11(10-21)7-9-13/h1-9,21H,10H2. The predicted octanol–water partition coefficient (Wildman–Crippen LogP) is 3.11. The summed E-state index contributed by atoms with van der Waals surface area (Å²) in [6.07, 6.45) is 0. The zero-order chi connectivity index (χ0) is 14.8. The first-order valence-electron chi connectivity index (χ1n) is 6.47. The summed E-state index contributed by atoms with van der Waals surface area (Å²) in [5.41, 5.74) is 3.04. The Labute approximate surface area is 127 Å². The molecule has 0 bridgehead atoms. The van der Waals surface area contributed by atoms with Crippen molar-refractivity contribution in [1.29, 1.82) is 0 Å². The Hall–Kier alpha value is -2.33. The van der Waals surface area contributed by atoms with Crippen molar-refractivity contribution in [2.45, 2.75) is 5.75 Å². The highest BCUT2D eigenvalue weighted by Crippen LogP contribution is 2.33. The van der Waals surface area contributed by atoms with Gasteiger partial charge < -0.3 is 4.74 Å². The van der Waals surface area contributed by atoms with E-state index in [2.05, 4.69) is 12.6 Å². The maximum atomic E-state index is 12.0. The van der Waals surface area contributed by atoms with Gasteiger partial charge in [-0.05, 0) is 16.7 Å². The molecule has 0 N–H and O–H groups in total. The number of thiol groups is 1. The van der Waals surface area contributed by atoms with E-state index in [1.807, 2.05) is 42.5 Å². The van der Waals surface area contributed by atoms with Crippen LogP contribution in [0, 0.1) is 0 Å². The van der Waals surface area contributed by atoms with Gasteiger partial charge in [0.25, 0.3) is 0 Å². The van der Waals surface area contributed by atoms with Crippen LogP contribution in [0.3, 0.4) is 0 Å². The van der Waals surface area contributed by atoms with Crippen molar-refractivity contribution < 1.29 is 14.3 Å².